The Morgan fingerprint density at radius 2 is 1.17 bits per heavy atom. The normalized spacial score (nSPS) is 10.2. The average Bonchev–Trinajstić information content (AvgIpc) is 2.35. The van der Waals surface area contributed by atoms with Crippen LogP contribution in [0, 0.1) is 0 Å². The van der Waals surface area contributed by atoms with Crippen LogP contribution in [0.4, 0.5) is 0 Å². The molecular weight excluding hydrogens is 320 g/mol. The third kappa shape index (κ3) is 7.10. The van der Waals surface area contributed by atoms with Gasteiger partial charge in [-0.25, -0.2) is 0 Å². The minimum atomic E-state index is -0.703. The van der Waals surface area contributed by atoms with Crippen LogP contribution in [0.5, 0.6) is 0 Å². The summed E-state index contributed by atoms with van der Waals surface area (Å²) in [5, 5.41) is -0.703. The van der Waals surface area contributed by atoms with Gasteiger partial charge in [0.15, 0.2) is 0 Å². The predicted octanol–water partition coefficient (Wildman–Crippen LogP) is 2.25. The summed E-state index contributed by atoms with van der Waals surface area (Å²) in [6.07, 6.45) is -0.410. The maximum Gasteiger partial charge on any atom is 0.252 e. The highest BCUT2D eigenvalue weighted by Crippen LogP contribution is 2.15. The number of carbonyl (C=O) groups is 5. The van der Waals surface area contributed by atoms with Crippen molar-refractivity contribution < 1.29 is 24.0 Å². The Morgan fingerprint density at radius 3 is 1.48 bits per heavy atom. The molecular formula is C17H17ClO5. The van der Waals surface area contributed by atoms with Crippen LogP contribution in [0.15, 0.2) is 18.2 Å². The van der Waals surface area contributed by atoms with Gasteiger partial charge in [0.25, 0.3) is 5.24 Å². The molecule has 0 atom stereocenters. The monoisotopic (exact) mass is 336 g/mol. The Hall–Kier alpha value is -2.14. The number of rotatable bonds is 9. The SMILES string of the molecule is CC(=O)CC(=O)Cc1cc(CC(=O)CC(C)=O)cc(C(=O)Cl)c1. The van der Waals surface area contributed by atoms with Crippen LogP contribution in [-0.2, 0) is 32.0 Å². The molecule has 0 aromatic heterocycles. The number of hydrogen-bond acceptors (Lipinski definition) is 5. The lowest BCUT2D eigenvalue weighted by Crippen LogP contribution is -2.11. The molecule has 0 N–H and O–H groups in total. The molecule has 5 nitrogen and oxygen atoms in total. The van der Waals surface area contributed by atoms with Crippen molar-refractivity contribution >= 4 is 40.0 Å². The molecule has 1 aromatic carbocycles. The lowest BCUT2D eigenvalue weighted by Gasteiger charge is -2.07. The Kier molecular flexibility index (Phi) is 6.97. The van der Waals surface area contributed by atoms with E-state index in [4.69, 9.17) is 11.6 Å². The average molecular weight is 337 g/mol. The summed E-state index contributed by atoms with van der Waals surface area (Å²) in [5.74, 6) is -1.04. The Labute approximate surface area is 139 Å². The molecule has 23 heavy (non-hydrogen) atoms. The second kappa shape index (κ2) is 8.48. The van der Waals surface area contributed by atoms with Gasteiger partial charge in [-0.1, -0.05) is 6.07 Å². The number of hydrogen-bond donors (Lipinski definition) is 0. The van der Waals surface area contributed by atoms with Crippen LogP contribution < -0.4 is 0 Å². The topological polar surface area (TPSA) is 85.3 Å². The van der Waals surface area contributed by atoms with E-state index in [2.05, 4.69) is 0 Å². The van der Waals surface area contributed by atoms with Crippen LogP contribution in [0.25, 0.3) is 0 Å². The summed E-state index contributed by atoms with van der Waals surface area (Å²) in [6, 6.07) is 4.54. The summed E-state index contributed by atoms with van der Waals surface area (Å²) in [4.78, 5) is 56.8. The fourth-order valence-electron chi connectivity index (χ4n) is 2.22. The largest absolute Gasteiger partial charge is 0.300 e. The van der Waals surface area contributed by atoms with Gasteiger partial charge in [0, 0.05) is 18.4 Å². The zero-order valence-electron chi connectivity index (χ0n) is 13.0. The first kappa shape index (κ1) is 18.9. The van der Waals surface area contributed by atoms with Crippen molar-refractivity contribution in [1.82, 2.24) is 0 Å². The lowest BCUT2D eigenvalue weighted by molar-refractivity contribution is -0.127. The molecule has 0 unspecified atom stereocenters. The van der Waals surface area contributed by atoms with Crippen LogP contribution in [0.1, 0.15) is 48.2 Å². The lowest BCUT2D eigenvalue weighted by atomic mass is 9.97. The third-order valence-electron chi connectivity index (χ3n) is 2.97. The summed E-state index contributed by atoms with van der Waals surface area (Å²) in [6.45, 7) is 2.64. The van der Waals surface area contributed by atoms with E-state index in [9.17, 15) is 24.0 Å². The van der Waals surface area contributed by atoms with Gasteiger partial charge < -0.3 is 0 Å². The van der Waals surface area contributed by atoms with Crippen LogP contribution in [0.2, 0.25) is 0 Å². The maximum atomic E-state index is 11.7. The van der Waals surface area contributed by atoms with Gasteiger partial charge in [-0.15, -0.1) is 0 Å². The van der Waals surface area contributed by atoms with Crippen molar-refractivity contribution in [3.63, 3.8) is 0 Å². The second-order valence-electron chi connectivity index (χ2n) is 5.50. The molecule has 0 fully saturated rings. The Morgan fingerprint density at radius 1 is 0.783 bits per heavy atom. The van der Waals surface area contributed by atoms with Gasteiger partial charge in [0.1, 0.15) is 23.1 Å². The van der Waals surface area contributed by atoms with Crippen LogP contribution in [0.3, 0.4) is 0 Å². The summed E-state index contributed by atoms with van der Waals surface area (Å²) in [5.41, 5.74) is 1.19. The predicted molar refractivity (Wildman–Crippen MR) is 84.6 cm³/mol. The molecule has 0 spiro atoms. The summed E-state index contributed by atoms with van der Waals surface area (Å²) < 4.78 is 0. The van der Waals surface area contributed by atoms with Crippen molar-refractivity contribution in [1.29, 1.82) is 0 Å². The van der Waals surface area contributed by atoms with E-state index in [1.807, 2.05) is 0 Å². The van der Waals surface area contributed by atoms with Crippen molar-refractivity contribution in [2.75, 3.05) is 0 Å². The zero-order chi connectivity index (χ0) is 17.6. The molecule has 1 rings (SSSR count). The zero-order valence-corrected chi connectivity index (χ0v) is 13.7. The van der Waals surface area contributed by atoms with Crippen molar-refractivity contribution in [2.24, 2.45) is 0 Å². The van der Waals surface area contributed by atoms with E-state index >= 15 is 0 Å². The minimum Gasteiger partial charge on any atom is -0.300 e. The van der Waals surface area contributed by atoms with Gasteiger partial charge in [0.2, 0.25) is 0 Å². The highest BCUT2D eigenvalue weighted by molar-refractivity contribution is 6.67. The first-order valence-corrected chi connectivity index (χ1v) is 7.40. The van der Waals surface area contributed by atoms with Crippen LogP contribution in [-0.4, -0.2) is 28.4 Å². The molecule has 0 radical (unpaired) electrons. The van der Waals surface area contributed by atoms with E-state index in [0.717, 1.165) is 0 Å². The van der Waals surface area contributed by atoms with Crippen LogP contribution >= 0.6 is 11.6 Å². The van der Waals surface area contributed by atoms with Crippen molar-refractivity contribution in [2.45, 2.75) is 39.5 Å². The van der Waals surface area contributed by atoms with E-state index in [-0.39, 0.29) is 54.4 Å². The number of halogens is 1. The summed E-state index contributed by atoms with van der Waals surface area (Å²) >= 11 is 5.47. The van der Waals surface area contributed by atoms with E-state index in [0.29, 0.717) is 11.1 Å². The van der Waals surface area contributed by atoms with Gasteiger partial charge in [-0.2, -0.15) is 0 Å². The molecule has 1 aromatic rings. The molecule has 0 aliphatic carbocycles. The van der Waals surface area contributed by atoms with Crippen molar-refractivity contribution in [3.05, 3.63) is 34.9 Å². The highest BCUT2D eigenvalue weighted by atomic mass is 35.5. The minimum absolute atomic E-state index is 0.0223. The van der Waals surface area contributed by atoms with E-state index in [1.54, 1.807) is 6.07 Å². The Balaban J connectivity index is 3.00. The second-order valence-corrected chi connectivity index (χ2v) is 5.84. The molecule has 122 valence electrons. The first-order valence-electron chi connectivity index (χ1n) is 7.02. The fourth-order valence-corrected chi connectivity index (χ4v) is 2.32. The standard InChI is InChI=1S/C17H17ClO5/c1-10(19)3-15(21)8-12-5-13(7-14(6-12)17(18)23)9-16(22)4-11(2)20/h5-7H,3-4,8-9H2,1-2H3. The number of ketones is 4. The van der Waals surface area contributed by atoms with Crippen molar-refractivity contribution in [3.8, 4) is 0 Å². The highest BCUT2D eigenvalue weighted by Gasteiger charge is 2.13. The molecule has 0 bridgehead atoms. The molecule has 0 aliphatic rings. The van der Waals surface area contributed by atoms with Gasteiger partial charge >= 0.3 is 0 Å². The molecule has 0 aliphatic heterocycles. The van der Waals surface area contributed by atoms with Gasteiger partial charge in [-0.05, 0) is 48.7 Å². The Bertz CT molecular complexity index is 627. The molecule has 0 saturated heterocycles. The van der Waals surface area contributed by atoms with Gasteiger partial charge in [-0.3, -0.25) is 24.0 Å². The first-order chi connectivity index (χ1) is 10.7. The molecule has 6 heteroatoms. The van der Waals surface area contributed by atoms with Gasteiger partial charge in [0.05, 0.1) is 12.8 Å². The number of carbonyl (C=O) groups excluding carboxylic acids is 5. The number of Topliss-reactive ketones (excluding diaryl/α,β-unsaturated/α-hetero) is 4. The number of benzene rings is 1. The molecule has 0 amide bonds. The fraction of sp³-hybridized carbons (Fsp3) is 0.353. The maximum absolute atomic E-state index is 11.7. The summed E-state index contributed by atoms with van der Waals surface area (Å²) in [7, 11) is 0. The third-order valence-corrected chi connectivity index (χ3v) is 3.19. The molecule has 0 heterocycles. The van der Waals surface area contributed by atoms with E-state index in [1.165, 1.54) is 26.0 Å². The molecule has 0 saturated carbocycles. The smallest absolute Gasteiger partial charge is 0.252 e. The quantitative estimate of drug-likeness (QED) is 0.510. The van der Waals surface area contributed by atoms with E-state index < -0.39 is 5.24 Å².